The second kappa shape index (κ2) is 9.44. The topological polar surface area (TPSA) is 79.0 Å². The van der Waals surface area contributed by atoms with Crippen molar-refractivity contribution in [2.45, 2.75) is 6.92 Å². The Morgan fingerprint density at radius 1 is 1.24 bits per heavy atom. The summed E-state index contributed by atoms with van der Waals surface area (Å²) in [6, 6.07) is 8.36. The quantitative estimate of drug-likeness (QED) is 0.494. The van der Waals surface area contributed by atoms with Crippen LogP contribution in [0.25, 0.3) is 10.9 Å². The summed E-state index contributed by atoms with van der Waals surface area (Å²) in [4.78, 5) is 11.6. The van der Waals surface area contributed by atoms with Gasteiger partial charge in [0, 0.05) is 21.1 Å². The predicted molar refractivity (Wildman–Crippen MR) is 56.1 cm³/mol. The van der Waals surface area contributed by atoms with Gasteiger partial charge in [0.15, 0.2) is 0 Å². The van der Waals surface area contributed by atoms with Gasteiger partial charge in [-0.1, -0.05) is 15.9 Å². The summed E-state index contributed by atoms with van der Waals surface area (Å²) in [5.74, 6) is 0. The van der Waals surface area contributed by atoms with E-state index < -0.39 is 6.16 Å². The van der Waals surface area contributed by atoms with E-state index in [4.69, 9.17) is 15.0 Å². The van der Waals surface area contributed by atoms with Crippen LogP contribution in [-0.2, 0) is 0 Å². The Morgan fingerprint density at radius 2 is 1.76 bits per heavy atom. The summed E-state index contributed by atoms with van der Waals surface area (Å²) >= 11 is 3.43. The number of nitrogens with one attached hydrogen (secondary N) is 1. The van der Waals surface area contributed by atoms with Gasteiger partial charge in [-0.2, -0.15) is 0 Å². The molecule has 0 saturated heterocycles. The zero-order chi connectivity index (χ0) is 11.4. The molecule has 1 aromatic heterocycles. The van der Waals surface area contributed by atoms with Crippen LogP contribution in [0.3, 0.4) is 0 Å². The molecule has 2 rings (SSSR count). The van der Waals surface area contributed by atoms with E-state index in [2.05, 4.69) is 46.0 Å². The van der Waals surface area contributed by atoms with Gasteiger partial charge >= 0.3 is 59.1 Å². The largest absolute Gasteiger partial charge is 1.00 e. The smallest absolute Gasteiger partial charge is 0.652 e. The monoisotopic (exact) mass is 315 g/mol. The van der Waals surface area contributed by atoms with Gasteiger partial charge in [-0.05, 0) is 37.3 Å². The SMILES string of the molecule is Cc1cc2cc(Br)ccc2[nH]1.O=C([O-])[O-].[Na+].[Na+]. The fourth-order valence-electron chi connectivity index (χ4n) is 1.25. The third-order valence-corrected chi connectivity index (χ3v) is 2.21. The summed E-state index contributed by atoms with van der Waals surface area (Å²) in [7, 11) is 0. The minimum absolute atomic E-state index is 0. The van der Waals surface area contributed by atoms with Crippen LogP contribution in [0.5, 0.6) is 0 Å². The predicted octanol–water partition coefficient (Wildman–Crippen LogP) is -5.20. The number of benzene rings is 1. The van der Waals surface area contributed by atoms with E-state index in [9.17, 15) is 0 Å². The molecule has 0 spiro atoms. The molecule has 7 heteroatoms. The number of hydrogen-bond acceptors (Lipinski definition) is 3. The fourth-order valence-corrected chi connectivity index (χ4v) is 1.63. The number of fused-ring (bicyclic) bond motifs is 1. The summed E-state index contributed by atoms with van der Waals surface area (Å²) in [6.07, 6.45) is -2.33. The molecule has 1 N–H and O–H groups in total. The third-order valence-electron chi connectivity index (χ3n) is 1.72. The van der Waals surface area contributed by atoms with Crippen LogP contribution in [0.2, 0.25) is 0 Å². The summed E-state index contributed by atoms with van der Waals surface area (Å²) in [5.41, 5.74) is 2.41. The van der Waals surface area contributed by atoms with Gasteiger partial charge in [-0.15, -0.1) is 0 Å². The van der Waals surface area contributed by atoms with Gasteiger partial charge in [0.2, 0.25) is 0 Å². The molecule has 0 amide bonds. The van der Waals surface area contributed by atoms with Crippen LogP contribution < -0.4 is 69.3 Å². The van der Waals surface area contributed by atoms with Crippen LogP contribution in [-0.4, -0.2) is 11.1 Å². The van der Waals surface area contributed by atoms with Gasteiger partial charge in [0.25, 0.3) is 0 Å². The van der Waals surface area contributed by atoms with Crippen LogP contribution in [0, 0.1) is 6.92 Å². The molecule has 0 bridgehead atoms. The maximum atomic E-state index is 8.33. The van der Waals surface area contributed by atoms with Crippen molar-refractivity contribution in [1.82, 2.24) is 4.98 Å². The molecule has 0 aliphatic carbocycles. The normalized spacial score (nSPS) is 8.35. The molecule has 0 aliphatic rings. The van der Waals surface area contributed by atoms with E-state index in [-0.39, 0.29) is 59.1 Å². The zero-order valence-electron chi connectivity index (χ0n) is 9.91. The van der Waals surface area contributed by atoms with Crippen LogP contribution in [0.15, 0.2) is 28.7 Å². The molecule has 0 aliphatic heterocycles. The number of carbonyl (C=O) groups is 1. The molecule has 1 aromatic carbocycles. The van der Waals surface area contributed by atoms with Gasteiger partial charge in [-0.25, -0.2) is 0 Å². The number of carboxylic acid groups (broad SMARTS) is 2. The summed E-state index contributed by atoms with van der Waals surface area (Å²) in [5, 5.41) is 17.9. The zero-order valence-corrected chi connectivity index (χ0v) is 15.5. The van der Waals surface area contributed by atoms with E-state index in [1.807, 2.05) is 6.07 Å². The molecule has 0 unspecified atom stereocenters. The van der Waals surface area contributed by atoms with Crippen molar-refractivity contribution >= 4 is 33.0 Å². The number of carbonyl (C=O) groups excluding carboxylic acids is 1. The number of halogens is 1. The first-order valence-electron chi connectivity index (χ1n) is 4.12. The molecule has 0 fully saturated rings. The summed E-state index contributed by atoms with van der Waals surface area (Å²) < 4.78 is 1.13. The van der Waals surface area contributed by atoms with Crippen LogP contribution in [0.4, 0.5) is 4.79 Å². The number of hydrogen-bond donors (Lipinski definition) is 1. The van der Waals surface area contributed by atoms with Crippen molar-refractivity contribution in [3.05, 3.63) is 34.4 Å². The summed E-state index contributed by atoms with van der Waals surface area (Å²) in [6.45, 7) is 2.06. The Labute approximate surface area is 152 Å². The molecule has 2 aromatic rings. The molecule has 0 radical (unpaired) electrons. The Balaban J connectivity index is 0. The van der Waals surface area contributed by atoms with E-state index >= 15 is 0 Å². The number of aromatic amines is 1. The number of H-pyrrole nitrogens is 1. The van der Waals surface area contributed by atoms with E-state index in [1.165, 1.54) is 16.6 Å². The van der Waals surface area contributed by atoms with Crippen molar-refractivity contribution in [3.63, 3.8) is 0 Å². The number of rotatable bonds is 0. The third kappa shape index (κ3) is 7.51. The molecule has 0 atom stereocenters. The minimum Gasteiger partial charge on any atom is -0.652 e. The Kier molecular flexibility index (Phi) is 11.0. The molecular formula is C10H8BrNNa2O3. The van der Waals surface area contributed by atoms with Gasteiger partial charge in [0.05, 0.1) is 0 Å². The van der Waals surface area contributed by atoms with Crippen molar-refractivity contribution in [2.75, 3.05) is 0 Å². The van der Waals surface area contributed by atoms with Crippen molar-refractivity contribution in [1.29, 1.82) is 0 Å². The van der Waals surface area contributed by atoms with E-state index in [0.29, 0.717) is 0 Å². The maximum absolute atomic E-state index is 8.33. The first-order chi connectivity index (χ1) is 6.99. The maximum Gasteiger partial charge on any atom is 1.00 e. The fraction of sp³-hybridized carbons (Fsp3) is 0.100. The Morgan fingerprint density at radius 3 is 2.29 bits per heavy atom. The second-order valence-corrected chi connectivity index (χ2v) is 3.85. The standard InChI is InChI=1S/C9H8BrN.CH2O3.2Na/c1-6-4-7-5-8(10)2-3-9(7)11-6;2-1(3)4;;/h2-5,11H,1H3;(H2,2,3,4);;/q;;2*+1/p-2. The molecule has 4 nitrogen and oxygen atoms in total. The van der Waals surface area contributed by atoms with E-state index in [1.54, 1.807) is 0 Å². The first-order valence-corrected chi connectivity index (χ1v) is 4.91. The molecular weight excluding hydrogens is 308 g/mol. The number of aromatic nitrogens is 1. The van der Waals surface area contributed by atoms with Crippen molar-refractivity contribution in [2.24, 2.45) is 0 Å². The Hall–Kier alpha value is 0.510. The first kappa shape index (κ1) is 19.8. The van der Waals surface area contributed by atoms with Crippen LogP contribution in [0.1, 0.15) is 5.69 Å². The molecule has 0 saturated carbocycles. The average Bonchev–Trinajstić information content (AvgIpc) is 2.42. The second-order valence-electron chi connectivity index (χ2n) is 2.93. The van der Waals surface area contributed by atoms with Gasteiger partial charge < -0.3 is 20.0 Å². The van der Waals surface area contributed by atoms with E-state index in [0.717, 1.165) is 4.47 Å². The minimum atomic E-state index is -2.33. The van der Waals surface area contributed by atoms with Crippen molar-refractivity contribution in [3.8, 4) is 0 Å². The van der Waals surface area contributed by atoms with Crippen LogP contribution >= 0.6 is 15.9 Å². The molecule has 17 heavy (non-hydrogen) atoms. The van der Waals surface area contributed by atoms with Crippen molar-refractivity contribution < 1.29 is 74.1 Å². The Bertz CT molecular complexity index is 483. The van der Waals surface area contributed by atoms with Gasteiger partial charge in [-0.3, -0.25) is 0 Å². The average molecular weight is 316 g/mol. The number of aryl methyl sites for hydroxylation is 1. The molecule has 80 valence electrons. The van der Waals surface area contributed by atoms with Gasteiger partial charge in [0.1, 0.15) is 0 Å². The molecule has 1 heterocycles.